The Morgan fingerprint density at radius 3 is 2.20 bits per heavy atom. The molecule has 3 N–H and O–H groups in total. The summed E-state index contributed by atoms with van der Waals surface area (Å²) in [4.78, 5) is 0. The molecular weight excluding hydrogens is 256 g/mol. The monoisotopic (exact) mass is 278 g/mol. The van der Waals surface area contributed by atoms with Crippen LogP contribution >= 0.6 is 0 Å². The van der Waals surface area contributed by atoms with Gasteiger partial charge in [0.2, 0.25) is 5.75 Å². The molecule has 1 unspecified atom stereocenters. The molecule has 0 heterocycles. The molecule has 0 saturated heterocycles. The number of methoxy groups -OCH3 is 3. The summed E-state index contributed by atoms with van der Waals surface area (Å²) in [6.45, 7) is 1.15. The van der Waals surface area contributed by atoms with Gasteiger partial charge in [0.25, 0.3) is 0 Å². The van der Waals surface area contributed by atoms with Crippen LogP contribution < -0.4 is 25.3 Å². The summed E-state index contributed by atoms with van der Waals surface area (Å²) in [6.07, 6.45) is 5.90. The van der Waals surface area contributed by atoms with E-state index in [9.17, 15) is 0 Å². The van der Waals surface area contributed by atoms with Crippen molar-refractivity contribution in [2.24, 2.45) is 5.73 Å². The molecule has 1 aromatic carbocycles. The molecule has 0 amide bonds. The molecule has 1 aromatic rings. The molecule has 5 nitrogen and oxygen atoms in total. The standard InChI is InChI=1S/C15H22N2O3/c1-5-6-7-17-12(10-16)11-8-13(18-2)15(20-4)14(9-11)19-3/h1,8-9,12,17H,6-7,10,16H2,2-4H3. The number of nitrogens with one attached hydrogen (secondary N) is 1. The summed E-state index contributed by atoms with van der Waals surface area (Å²) < 4.78 is 16.0. The molecule has 110 valence electrons. The summed E-state index contributed by atoms with van der Waals surface area (Å²) in [7, 11) is 4.75. The van der Waals surface area contributed by atoms with Gasteiger partial charge in [-0.3, -0.25) is 0 Å². The maximum Gasteiger partial charge on any atom is 0.203 e. The lowest BCUT2D eigenvalue weighted by Gasteiger charge is -2.20. The molecule has 0 aliphatic heterocycles. The highest BCUT2D eigenvalue weighted by Gasteiger charge is 2.17. The van der Waals surface area contributed by atoms with E-state index in [1.54, 1.807) is 21.3 Å². The number of hydrogen-bond acceptors (Lipinski definition) is 5. The topological polar surface area (TPSA) is 65.7 Å². The van der Waals surface area contributed by atoms with Gasteiger partial charge in [0, 0.05) is 25.6 Å². The van der Waals surface area contributed by atoms with E-state index in [4.69, 9.17) is 26.4 Å². The fourth-order valence-corrected chi connectivity index (χ4v) is 1.96. The van der Waals surface area contributed by atoms with E-state index in [0.29, 0.717) is 36.8 Å². The van der Waals surface area contributed by atoms with Gasteiger partial charge in [-0.05, 0) is 17.7 Å². The quantitative estimate of drug-likeness (QED) is 0.554. The molecule has 0 aromatic heterocycles. The van der Waals surface area contributed by atoms with Crippen molar-refractivity contribution in [3.8, 4) is 29.6 Å². The predicted octanol–water partition coefficient (Wildman–Crippen LogP) is 1.33. The van der Waals surface area contributed by atoms with Gasteiger partial charge in [-0.2, -0.15) is 0 Å². The lowest BCUT2D eigenvalue weighted by molar-refractivity contribution is 0.323. The second kappa shape index (κ2) is 8.31. The molecule has 20 heavy (non-hydrogen) atoms. The second-order valence-electron chi connectivity index (χ2n) is 4.16. The number of terminal acetylenes is 1. The molecule has 0 fully saturated rings. The van der Waals surface area contributed by atoms with Crippen LogP contribution in [-0.4, -0.2) is 34.4 Å². The largest absolute Gasteiger partial charge is 0.493 e. The predicted molar refractivity (Wildman–Crippen MR) is 79.3 cm³/mol. The highest BCUT2D eigenvalue weighted by Crippen LogP contribution is 2.39. The van der Waals surface area contributed by atoms with E-state index in [1.165, 1.54) is 0 Å². The maximum atomic E-state index is 5.81. The first-order chi connectivity index (χ1) is 9.71. The van der Waals surface area contributed by atoms with E-state index >= 15 is 0 Å². The fraction of sp³-hybridized carbons (Fsp3) is 0.467. The van der Waals surface area contributed by atoms with Crippen molar-refractivity contribution in [1.29, 1.82) is 0 Å². The average molecular weight is 278 g/mol. The first-order valence-corrected chi connectivity index (χ1v) is 6.38. The first kappa shape index (κ1) is 16.2. The van der Waals surface area contributed by atoms with Gasteiger partial charge in [-0.15, -0.1) is 12.3 Å². The molecule has 0 saturated carbocycles. The zero-order valence-corrected chi connectivity index (χ0v) is 12.2. The van der Waals surface area contributed by atoms with Gasteiger partial charge in [-0.1, -0.05) is 0 Å². The zero-order chi connectivity index (χ0) is 15.0. The Labute approximate surface area is 120 Å². The minimum Gasteiger partial charge on any atom is -0.493 e. The van der Waals surface area contributed by atoms with E-state index in [1.807, 2.05) is 12.1 Å². The number of ether oxygens (including phenoxy) is 3. The Bertz CT molecular complexity index is 444. The van der Waals surface area contributed by atoms with Crippen LogP contribution in [0.5, 0.6) is 17.2 Å². The van der Waals surface area contributed by atoms with Crippen LogP contribution in [0, 0.1) is 12.3 Å². The highest BCUT2D eigenvalue weighted by molar-refractivity contribution is 5.54. The smallest absolute Gasteiger partial charge is 0.203 e. The summed E-state index contributed by atoms with van der Waals surface area (Å²) >= 11 is 0. The molecule has 5 heteroatoms. The van der Waals surface area contributed by atoms with Crippen LogP contribution in [0.15, 0.2) is 12.1 Å². The number of rotatable bonds is 8. The van der Waals surface area contributed by atoms with Crippen LogP contribution in [0.1, 0.15) is 18.0 Å². The molecule has 0 spiro atoms. The molecule has 0 aliphatic carbocycles. The van der Waals surface area contributed by atoms with Crippen LogP contribution in [0.3, 0.4) is 0 Å². The van der Waals surface area contributed by atoms with Crippen LogP contribution in [0.25, 0.3) is 0 Å². The minimum atomic E-state index is -0.0166. The summed E-state index contributed by atoms with van der Waals surface area (Å²) in [5.74, 6) is 4.38. The molecule has 0 radical (unpaired) electrons. The zero-order valence-electron chi connectivity index (χ0n) is 12.2. The van der Waals surface area contributed by atoms with Gasteiger partial charge in [0.15, 0.2) is 11.5 Å². The minimum absolute atomic E-state index is 0.0166. The average Bonchev–Trinajstić information content (AvgIpc) is 2.50. The Morgan fingerprint density at radius 2 is 1.80 bits per heavy atom. The van der Waals surface area contributed by atoms with Crippen molar-refractivity contribution < 1.29 is 14.2 Å². The van der Waals surface area contributed by atoms with E-state index in [-0.39, 0.29) is 6.04 Å². The van der Waals surface area contributed by atoms with Crippen LogP contribution in [0.2, 0.25) is 0 Å². The lowest BCUT2D eigenvalue weighted by Crippen LogP contribution is -2.29. The Balaban J connectivity index is 3.06. The number of hydrogen-bond donors (Lipinski definition) is 2. The first-order valence-electron chi connectivity index (χ1n) is 6.38. The molecule has 1 atom stereocenters. The highest BCUT2D eigenvalue weighted by atomic mass is 16.5. The lowest BCUT2D eigenvalue weighted by atomic mass is 10.1. The number of nitrogens with two attached hydrogens (primary N) is 1. The van der Waals surface area contributed by atoms with E-state index < -0.39 is 0 Å². The van der Waals surface area contributed by atoms with Gasteiger partial charge in [0.1, 0.15) is 0 Å². The van der Waals surface area contributed by atoms with Gasteiger partial charge >= 0.3 is 0 Å². The third kappa shape index (κ3) is 3.80. The second-order valence-corrected chi connectivity index (χ2v) is 4.16. The third-order valence-electron chi connectivity index (χ3n) is 2.99. The van der Waals surface area contributed by atoms with Crippen molar-refractivity contribution in [1.82, 2.24) is 5.32 Å². The van der Waals surface area contributed by atoms with Crippen molar-refractivity contribution in [3.63, 3.8) is 0 Å². The number of benzene rings is 1. The molecular formula is C15H22N2O3. The van der Waals surface area contributed by atoms with Crippen molar-refractivity contribution in [2.75, 3.05) is 34.4 Å². The molecule has 1 rings (SSSR count). The molecule has 0 bridgehead atoms. The van der Waals surface area contributed by atoms with Crippen molar-refractivity contribution in [2.45, 2.75) is 12.5 Å². The van der Waals surface area contributed by atoms with Gasteiger partial charge < -0.3 is 25.3 Å². The van der Waals surface area contributed by atoms with E-state index in [0.717, 1.165) is 5.56 Å². The van der Waals surface area contributed by atoms with Crippen LogP contribution in [-0.2, 0) is 0 Å². The van der Waals surface area contributed by atoms with Crippen molar-refractivity contribution in [3.05, 3.63) is 17.7 Å². The normalized spacial score (nSPS) is 11.6. The summed E-state index contributed by atoms with van der Waals surface area (Å²) in [6, 6.07) is 3.76. The molecule has 0 aliphatic rings. The maximum absolute atomic E-state index is 5.81. The van der Waals surface area contributed by atoms with Crippen molar-refractivity contribution >= 4 is 0 Å². The summed E-state index contributed by atoms with van der Waals surface area (Å²) in [5, 5.41) is 3.31. The Kier molecular flexibility index (Phi) is 6.71. The fourth-order valence-electron chi connectivity index (χ4n) is 1.96. The van der Waals surface area contributed by atoms with E-state index in [2.05, 4.69) is 11.2 Å². The van der Waals surface area contributed by atoms with Gasteiger partial charge in [0.05, 0.1) is 21.3 Å². The third-order valence-corrected chi connectivity index (χ3v) is 2.99. The SMILES string of the molecule is C#CCCNC(CN)c1cc(OC)c(OC)c(OC)c1. The summed E-state index contributed by atoms with van der Waals surface area (Å²) in [5.41, 5.74) is 6.78. The Morgan fingerprint density at radius 1 is 1.20 bits per heavy atom. The van der Waals surface area contributed by atoms with Gasteiger partial charge in [-0.25, -0.2) is 0 Å². The van der Waals surface area contributed by atoms with Crippen LogP contribution in [0.4, 0.5) is 0 Å². The Hall–Kier alpha value is -1.90.